The van der Waals surface area contributed by atoms with Crippen molar-refractivity contribution in [1.29, 1.82) is 0 Å². The predicted molar refractivity (Wildman–Crippen MR) is 72.9 cm³/mol. The summed E-state index contributed by atoms with van der Waals surface area (Å²) in [4.78, 5) is 14.1. The second-order valence-electron chi connectivity index (χ2n) is 4.63. The van der Waals surface area contributed by atoms with Crippen molar-refractivity contribution < 1.29 is 18.7 Å². The minimum atomic E-state index is -2.51. The van der Waals surface area contributed by atoms with Crippen LogP contribution in [0.15, 0.2) is 18.3 Å². The molecule has 114 valence electrons. The van der Waals surface area contributed by atoms with Crippen LogP contribution < -0.4 is 0 Å². The number of hydrogen-bond acceptors (Lipinski definition) is 2. The molecule has 0 radical (unpaired) electrons. The van der Waals surface area contributed by atoms with E-state index in [9.17, 15) is 13.6 Å². The van der Waals surface area contributed by atoms with Crippen LogP contribution in [0.2, 0.25) is 0 Å². The molecule has 0 bridgehead atoms. The first kappa shape index (κ1) is 16.6. The Morgan fingerprint density at radius 2 is 2.05 bits per heavy atom. The third-order valence-corrected chi connectivity index (χ3v) is 3.37. The highest BCUT2D eigenvalue weighted by molar-refractivity contribution is 5.93. The van der Waals surface area contributed by atoms with Crippen LogP contribution >= 0.6 is 0 Å². The Bertz CT molecular complexity index is 417. The van der Waals surface area contributed by atoms with E-state index in [1.807, 2.05) is 13.8 Å². The van der Waals surface area contributed by atoms with Crippen molar-refractivity contribution >= 4 is 5.91 Å². The van der Waals surface area contributed by atoms with Gasteiger partial charge >= 0.3 is 0 Å². The first-order chi connectivity index (χ1) is 9.54. The third kappa shape index (κ3) is 4.03. The van der Waals surface area contributed by atoms with E-state index in [1.54, 1.807) is 11.0 Å². The number of aromatic nitrogens is 1. The van der Waals surface area contributed by atoms with Crippen molar-refractivity contribution in [1.82, 2.24) is 9.47 Å². The average Bonchev–Trinajstić information content (AvgIpc) is 2.85. The monoisotopic (exact) mass is 288 g/mol. The van der Waals surface area contributed by atoms with Crippen LogP contribution in [-0.4, -0.2) is 46.1 Å². The summed E-state index contributed by atoms with van der Waals surface area (Å²) in [6.07, 6.45) is 0.493. The Kier molecular flexibility index (Phi) is 6.64. The van der Waals surface area contributed by atoms with Gasteiger partial charge in [-0.2, -0.15) is 0 Å². The molecule has 0 unspecified atom stereocenters. The Labute approximate surface area is 118 Å². The van der Waals surface area contributed by atoms with Crippen molar-refractivity contribution in [3.05, 3.63) is 24.0 Å². The summed E-state index contributed by atoms with van der Waals surface area (Å²) in [5.74, 6) is -0.307. The van der Waals surface area contributed by atoms with Crippen molar-refractivity contribution in [2.45, 2.75) is 45.7 Å². The molecule has 0 atom stereocenters. The van der Waals surface area contributed by atoms with E-state index in [4.69, 9.17) is 5.11 Å². The van der Waals surface area contributed by atoms with E-state index in [0.717, 1.165) is 12.8 Å². The Balaban J connectivity index is 2.97. The van der Waals surface area contributed by atoms with Gasteiger partial charge in [-0.25, -0.2) is 8.78 Å². The number of aliphatic hydroxyl groups is 1. The van der Waals surface area contributed by atoms with Crippen molar-refractivity contribution in [2.75, 3.05) is 13.2 Å². The predicted octanol–water partition coefficient (Wildman–Crippen LogP) is 2.38. The minimum absolute atomic E-state index is 0.00421. The van der Waals surface area contributed by atoms with Gasteiger partial charge in [-0.15, -0.1) is 0 Å². The van der Waals surface area contributed by atoms with Crippen molar-refractivity contribution in [2.24, 2.45) is 0 Å². The Morgan fingerprint density at radius 1 is 1.40 bits per heavy atom. The zero-order valence-electron chi connectivity index (χ0n) is 11.9. The van der Waals surface area contributed by atoms with Gasteiger partial charge in [0, 0.05) is 18.8 Å². The van der Waals surface area contributed by atoms with Crippen LogP contribution in [0.5, 0.6) is 0 Å². The van der Waals surface area contributed by atoms with Crippen LogP contribution in [-0.2, 0) is 6.54 Å². The maximum Gasteiger partial charge on any atom is 0.270 e. The fourth-order valence-electron chi connectivity index (χ4n) is 2.35. The van der Waals surface area contributed by atoms with Gasteiger partial charge in [0.1, 0.15) is 5.69 Å². The highest BCUT2D eigenvalue weighted by Gasteiger charge is 2.24. The molecule has 1 heterocycles. The lowest BCUT2D eigenvalue weighted by Gasteiger charge is -2.30. The molecular formula is C14H22F2N2O2. The van der Waals surface area contributed by atoms with E-state index in [2.05, 4.69) is 0 Å². The number of hydrogen-bond donors (Lipinski definition) is 1. The molecule has 1 aromatic rings. The van der Waals surface area contributed by atoms with E-state index in [-0.39, 0.29) is 30.8 Å². The molecule has 1 aromatic heterocycles. The maximum atomic E-state index is 12.5. The van der Waals surface area contributed by atoms with Crippen LogP contribution in [0.25, 0.3) is 0 Å². The first-order valence-electron chi connectivity index (χ1n) is 6.90. The van der Waals surface area contributed by atoms with Gasteiger partial charge in [-0.1, -0.05) is 13.8 Å². The summed E-state index contributed by atoms with van der Waals surface area (Å²) in [6, 6.07) is 3.13. The lowest BCUT2D eigenvalue weighted by Crippen LogP contribution is -2.42. The number of rotatable bonds is 8. The summed E-state index contributed by atoms with van der Waals surface area (Å²) in [7, 11) is 0. The normalized spacial score (nSPS) is 11.3. The maximum absolute atomic E-state index is 12.5. The fourth-order valence-corrected chi connectivity index (χ4v) is 2.35. The van der Waals surface area contributed by atoms with Gasteiger partial charge in [0.2, 0.25) is 0 Å². The van der Waals surface area contributed by atoms with E-state index in [1.165, 1.54) is 16.8 Å². The summed E-state index contributed by atoms with van der Waals surface area (Å²) in [5.41, 5.74) is 0.241. The standard InChI is InChI=1S/C14H22F2N2O2/c1-3-11(4-2)18(8-9-19)14(20)12-6-5-7-17(12)10-13(15)16/h5-7,11,13,19H,3-4,8-10H2,1-2H3. The van der Waals surface area contributed by atoms with Gasteiger partial charge < -0.3 is 14.6 Å². The molecule has 6 heteroatoms. The van der Waals surface area contributed by atoms with Crippen molar-refractivity contribution in [3.8, 4) is 0 Å². The van der Waals surface area contributed by atoms with E-state index in [0.29, 0.717) is 0 Å². The fraction of sp³-hybridized carbons (Fsp3) is 0.643. The highest BCUT2D eigenvalue weighted by atomic mass is 19.3. The van der Waals surface area contributed by atoms with Gasteiger partial charge in [-0.05, 0) is 25.0 Å². The number of halogens is 2. The lowest BCUT2D eigenvalue weighted by molar-refractivity contribution is 0.0603. The molecule has 1 amide bonds. The minimum Gasteiger partial charge on any atom is -0.395 e. The summed E-state index contributed by atoms with van der Waals surface area (Å²) in [5, 5.41) is 9.12. The quantitative estimate of drug-likeness (QED) is 0.798. The number of carbonyl (C=O) groups is 1. The number of alkyl halides is 2. The molecule has 0 fully saturated rings. The summed E-state index contributed by atoms with van der Waals surface area (Å²) in [6.45, 7) is 3.50. The van der Waals surface area contributed by atoms with Crippen LogP contribution in [0.4, 0.5) is 8.78 Å². The molecule has 0 aliphatic heterocycles. The number of aliphatic hydroxyl groups excluding tert-OH is 1. The molecule has 1 rings (SSSR count). The number of amides is 1. The summed E-state index contributed by atoms with van der Waals surface area (Å²) >= 11 is 0. The number of carbonyl (C=O) groups excluding carboxylic acids is 1. The van der Waals surface area contributed by atoms with E-state index < -0.39 is 13.0 Å². The van der Waals surface area contributed by atoms with Crippen LogP contribution in [0.1, 0.15) is 37.2 Å². The third-order valence-electron chi connectivity index (χ3n) is 3.37. The Morgan fingerprint density at radius 3 is 2.55 bits per heavy atom. The molecule has 0 spiro atoms. The van der Waals surface area contributed by atoms with Gasteiger partial charge in [0.15, 0.2) is 0 Å². The molecule has 0 aliphatic carbocycles. The summed E-state index contributed by atoms with van der Waals surface area (Å²) < 4.78 is 26.3. The second-order valence-corrected chi connectivity index (χ2v) is 4.63. The van der Waals surface area contributed by atoms with Crippen LogP contribution in [0.3, 0.4) is 0 Å². The zero-order chi connectivity index (χ0) is 15.1. The van der Waals surface area contributed by atoms with Gasteiger partial charge in [-0.3, -0.25) is 4.79 Å². The van der Waals surface area contributed by atoms with Crippen molar-refractivity contribution in [3.63, 3.8) is 0 Å². The molecule has 4 nitrogen and oxygen atoms in total. The Hall–Kier alpha value is -1.43. The lowest BCUT2D eigenvalue weighted by atomic mass is 10.1. The highest BCUT2D eigenvalue weighted by Crippen LogP contribution is 2.15. The molecule has 0 aliphatic rings. The molecule has 0 saturated heterocycles. The molecule has 20 heavy (non-hydrogen) atoms. The molecular weight excluding hydrogens is 266 g/mol. The zero-order valence-corrected chi connectivity index (χ0v) is 11.9. The number of nitrogens with zero attached hydrogens (tertiary/aromatic N) is 2. The molecule has 0 saturated carbocycles. The topological polar surface area (TPSA) is 45.5 Å². The molecule has 0 aromatic carbocycles. The van der Waals surface area contributed by atoms with Crippen LogP contribution in [0, 0.1) is 0 Å². The van der Waals surface area contributed by atoms with E-state index >= 15 is 0 Å². The van der Waals surface area contributed by atoms with Gasteiger partial charge in [0.25, 0.3) is 12.3 Å². The second kappa shape index (κ2) is 7.99. The van der Waals surface area contributed by atoms with Gasteiger partial charge in [0.05, 0.1) is 13.2 Å². The largest absolute Gasteiger partial charge is 0.395 e. The molecule has 1 N–H and O–H groups in total. The first-order valence-corrected chi connectivity index (χ1v) is 6.90. The smallest absolute Gasteiger partial charge is 0.270 e. The average molecular weight is 288 g/mol. The SMILES string of the molecule is CCC(CC)N(CCO)C(=O)c1cccn1CC(F)F.